The molecule has 0 aliphatic heterocycles. The van der Waals surface area contributed by atoms with Gasteiger partial charge in [0, 0.05) is 18.2 Å². The van der Waals surface area contributed by atoms with Crippen LogP contribution in [0, 0.1) is 5.92 Å². The Bertz CT molecular complexity index is 809. The van der Waals surface area contributed by atoms with Crippen molar-refractivity contribution >= 4 is 12.0 Å². The van der Waals surface area contributed by atoms with E-state index in [4.69, 9.17) is 9.26 Å². The molecule has 1 aromatic carbocycles. The molecule has 28 heavy (non-hydrogen) atoms. The molecule has 0 saturated carbocycles. The van der Waals surface area contributed by atoms with Crippen LogP contribution >= 0.6 is 0 Å². The minimum absolute atomic E-state index is 0.0444. The van der Waals surface area contributed by atoms with Crippen molar-refractivity contribution < 1.29 is 18.8 Å². The summed E-state index contributed by atoms with van der Waals surface area (Å²) in [6.07, 6.45) is -0.528. The van der Waals surface area contributed by atoms with Crippen molar-refractivity contribution in [2.45, 2.75) is 52.7 Å². The van der Waals surface area contributed by atoms with Gasteiger partial charge in [0.2, 0.25) is 5.76 Å². The minimum Gasteiger partial charge on any atom is -0.444 e. The Morgan fingerprint density at radius 1 is 1.14 bits per heavy atom. The molecule has 0 aliphatic carbocycles. The van der Waals surface area contributed by atoms with Crippen molar-refractivity contribution in [3.05, 3.63) is 42.2 Å². The fourth-order valence-corrected chi connectivity index (χ4v) is 2.41. The molecule has 7 nitrogen and oxygen atoms in total. The van der Waals surface area contributed by atoms with E-state index in [-0.39, 0.29) is 18.2 Å². The highest BCUT2D eigenvalue weighted by atomic mass is 16.6. The molecule has 2 aromatic rings. The smallest absolute Gasteiger partial charge is 0.407 e. The van der Waals surface area contributed by atoms with Crippen LogP contribution in [0.2, 0.25) is 0 Å². The topological polar surface area (TPSA) is 93.5 Å². The summed E-state index contributed by atoms with van der Waals surface area (Å²) in [6.45, 7) is 11.4. The molecule has 0 bridgehead atoms. The first-order valence-electron chi connectivity index (χ1n) is 9.32. The van der Waals surface area contributed by atoms with Gasteiger partial charge in [-0.15, -0.1) is 0 Å². The van der Waals surface area contributed by atoms with Crippen LogP contribution in [0.15, 0.2) is 40.9 Å². The highest BCUT2D eigenvalue weighted by molar-refractivity contribution is 5.93. The molecular formula is C21H29N3O4. The number of carbonyl (C=O) groups excluding carboxylic acids is 2. The number of carbonyl (C=O) groups is 2. The number of nitrogens with zero attached hydrogens (tertiary/aromatic N) is 1. The molecule has 2 amide bonds. The van der Waals surface area contributed by atoms with Crippen LogP contribution in [-0.4, -0.2) is 34.8 Å². The lowest BCUT2D eigenvalue weighted by Gasteiger charge is -2.35. The molecule has 7 heteroatoms. The predicted molar refractivity (Wildman–Crippen MR) is 107 cm³/mol. The summed E-state index contributed by atoms with van der Waals surface area (Å²) in [5, 5.41) is 9.65. The van der Waals surface area contributed by atoms with Crippen LogP contribution in [-0.2, 0) is 4.74 Å². The van der Waals surface area contributed by atoms with Crippen LogP contribution in [0.3, 0.4) is 0 Å². The summed E-state index contributed by atoms with van der Waals surface area (Å²) in [4.78, 5) is 24.7. The van der Waals surface area contributed by atoms with Gasteiger partial charge in [-0.05, 0) is 33.6 Å². The second-order valence-electron chi connectivity index (χ2n) is 8.32. The Labute approximate surface area is 165 Å². The summed E-state index contributed by atoms with van der Waals surface area (Å²) in [7, 11) is 0. The molecule has 0 radical (unpaired) electrons. The molecule has 152 valence electrons. The van der Waals surface area contributed by atoms with E-state index in [2.05, 4.69) is 15.8 Å². The summed E-state index contributed by atoms with van der Waals surface area (Å²) < 4.78 is 10.5. The zero-order valence-corrected chi connectivity index (χ0v) is 17.3. The van der Waals surface area contributed by atoms with E-state index in [9.17, 15) is 9.59 Å². The monoisotopic (exact) mass is 387 g/mol. The Morgan fingerprint density at radius 3 is 2.36 bits per heavy atom. The Morgan fingerprint density at radius 2 is 1.79 bits per heavy atom. The summed E-state index contributed by atoms with van der Waals surface area (Å²) in [6, 6.07) is 11.1. The normalized spacial score (nSPS) is 13.7. The van der Waals surface area contributed by atoms with Gasteiger partial charge < -0.3 is 19.9 Å². The largest absolute Gasteiger partial charge is 0.444 e. The van der Waals surface area contributed by atoms with Gasteiger partial charge in [0.15, 0.2) is 0 Å². The number of benzene rings is 1. The average Bonchev–Trinajstić information content (AvgIpc) is 3.09. The molecule has 0 fully saturated rings. The van der Waals surface area contributed by atoms with Crippen LogP contribution < -0.4 is 10.6 Å². The van der Waals surface area contributed by atoms with Crippen molar-refractivity contribution in [2.24, 2.45) is 5.92 Å². The second kappa shape index (κ2) is 8.46. The third kappa shape index (κ3) is 5.84. The summed E-state index contributed by atoms with van der Waals surface area (Å²) in [5.74, 6) is -0.234. The van der Waals surface area contributed by atoms with Crippen LogP contribution in [0.4, 0.5) is 4.79 Å². The van der Waals surface area contributed by atoms with Gasteiger partial charge in [-0.25, -0.2) is 4.79 Å². The number of rotatable bonds is 6. The third-order valence-electron chi connectivity index (χ3n) is 4.48. The van der Waals surface area contributed by atoms with Crippen LogP contribution in [0.25, 0.3) is 11.3 Å². The zero-order chi connectivity index (χ0) is 20.9. The van der Waals surface area contributed by atoms with Gasteiger partial charge in [-0.1, -0.05) is 49.3 Å². The Kier molecular flexibility index (Phi) is 6.48. The first kappa shape index (κ1) is 21.5. The van der Waals surface area contributed by atoms with Crippen molar-refractivity contribution in [1.29, 1.82) is 0 Å². The zero-order valence-electron chi connectivity index (χ0n) is 17.3. The predicted octanol–water partition coefficient (Wildman–Crippen LogP) is 4.01. The van der Waals surface area contributed by atoms with Crippen molar-refractivity contribution in [2.75, 3.05) is 6.54 Å². The lowest BCUT2D eigenvalue weighted by atomic mass is 9.88. The highest BCUT2D eigenvalue weighted by Gasteiger charge is 2.33. The van der Waals surface area contributed by atoms with Crippen molar-refractivity contribution in [3.8, 4) is 11.3 Å². The van der Waals surface area contributed by atoms with E-state index >= 15 is 0 Å². The van der Waals surface area contributed by atoms with E-state index < -0.39 is 23.1 Å². The number of alkyl carbamates (subject to hydrolysis) is 1. The van der Waals surface area contributed by atoms with Gasteiger partial charge in [-0.2, -0.15) is 0 Å². The summed E-state index contributed by atoms with van der Waals surface area (Å²) >= 11 is 0. The molecule has 2 N–H and O–H groups in total. The number of aromatic nitrogens is 1. The first-order valence-corrected chi connectivity index (χ1v) is 9.32. The first-order chi connectivity index (χ1) is 13.0. The molecule has 1 atom stereocenters. The number of amides is 2. The SMILES string of the molecule is CC(C)C(C)(CNC(=O)OC(C)(C)C)NC(=O)c1cc(-c2ccccc2)no1. The third-order valence-corrected chi connectivity index (χ3v) is 4.48. The molecular weight excluding hydrogens is 358 g/mol. The lowest BCUT2D eigenvalue weighted by molar-refractivity contribution is 0.0495. The van der Waals surface area contributed by atoms with E-state index in [1.807, 2.05) is 51.1 Å². The standard InChI is InChI=1S/C21H29N3O4/c1-14(2)21(6,13-22-19(26)27-20(3,4)5)23-18(25)17-12-16(24-28-17)15-10-8-7-9-11-15/h7-12,14H,13H2,1-6H3,(H,22,26)(H,23,25). The number of hydrogen-bond donors (Lipinski definition) is 2. The van der Waals surface area contributed by atoms with Gasteiger partial charge in [0.05, 0.1) is 5.54 Å². The van der Waals surface area contributed by atoms with Gasteiger partial charge in [0.1, 0.15) is 11.3 Å². The lowest BCUT2D eigenvalue weighted by Crippen LogP contribution is -2.57. The van der Waals surface area contributed by atoms with Gasteiger partial charge >= 0.3 is 6.09 Å². The maximum atomic E-state index is 12.7. The van der Waals surface area contributed by atoms with Gasteiger partial charge in [0.25, 0.3) is 5.91 Å². The van der Waals surface area contributed by atoms with Crippen LogP contribution in [0.1, 0.15) is 52.1 Å². The molecule has 1 aromatic heterocycles. The fraction of sp³-hybridized carbons (Fsp3) is 0.476. The van der Waals surface area contributed by atoms with Gasteiger partial charge in [-0.3, -0.25) is 4.79 Å². The molecule has 0 spiro atoms. The minimum atomic E-state index is -0.701. The van der Waals surface area contributed by atoms with Crippen LogP contribution in [0.5, 0.6) is 0 Å². The highest BCUT2D eigenvalue weighted by Crippen LogP contribution is 2.21. The van der Waals surface area contributed by atoms with E-state index in [0.717, 1.165) is 5.56 Å². The molecule has 2 rings (SSSR count). The number of hydrogen-bond acceptors (Lipinski definition) is 5. The van der Waals surface area contributed by atoms with E-state index in [1.165, 1.54) is 0 Å². The molecule has 0 saturated heterocycles. The Balaban J connectivity index is 2.06. The van der Waals surface area contributed by atoms with E-state index in [1.54, 1.807) is 26.8 Å². The average molecular weight is 387 g/mol. The quantitative estimate of drug-likeness (QED) is 0.781. The summed E-state index contributed by atoms with van der Waals surface area (Å²) in [5.41, 5.74) is 0.163. The maximum Gasteiger partial charge on any atom is 0.407 e. The fourth-order valence-electron chi connectivity index (χ4n) is 2.41. The molecule has 1 unspecified atom stereocenters. The van der Waals surface area contributed by atoms with E-state index in [0.29, 0.717) is 5.69 Å². The molecule has 1 heterocycles. The van der Waals surface area contributed by atoms with Crippen molar-refractivity contribution in [1.82, 2.24) is 15.8 Å². The molecule has 0 aliphatic rings. The number of nitrogens with one attached hydrogen (secondary N) is 2. The number of ether oxygens (including phenoxy) is 1. The Hall–Kier alpha value is -2.83. The second-order valence-corrected chi connectivity index (χ2v) is 8.32. The maximum absolute atomic E-state index is 12.7. The van der Waals surface area contributed by atoms with Crippen molar-refractivity contribution in [3.63, 3.8) is 0 Å².